The van der Waals surface area contributed by atoms with E-state index in [1.807, 2.05) is 0 Å². The fourth-order valence-electron chi connectivity index (χ4n) is 1.32. The van der Waals surface area contributed by atoms with Crippen molar-refractivity contribution < 1.29 is 9.53 Å². The lowest BCUT2D eigenvalue weighted by Crippen LogP contribution is -2.16. The molecule has 0 saturated heterocycles. The summed E-state index contributed by atoms with van der Waals surface area (Å²) in [4.78, 5) is 18.5. The van der Waals surface area contributed by atoms with Crippen LogP contribution in [0.1, 0.15) is 0 Å². The lowest BCUT2D eigenvalue weighted by atomic mass is 10.3. The highest BCUT2D eigenvalue weighted by Crippen LogP contribution is 2.26. The van der Waals surface area contributed by atoms with Crippen LogP contribution >= 0.6 is 27.5 Å². The molecule has 19 heavy (non-hydrogen) atoms. The molecule has 0 spiro atoms. The van der Waals surface area contributed by atoms with E-state index in [1.54, 1.807) is 24.3 Å². The van der Waals surface area contributed by atoms with Gasteiger partial charge in [0, 0.05) is 18.0 Å². The first kappa shape index (κ1) is 13.6. The van der Waals surface area contributed by atoms with Crippen molar-refractivity contribution in [2.24, 2.45) is 5.73 Å². The molecule has 0 fully saturated rings. The number of carbonyl (C=O) groups is 1. The maximum Gasteiger partial charge on any atom is 0.409 e. The molecule has 0 aliphatic heterocycles. The SMILES string of the molecule is NC(=O)Oc1cccc(Nc2nc(Cl)ncc2Br)c1. The molecule has 3 N–H and O–H groups in total. The first-order valence-corrected chi connectivity index (χ1v) is 6.24. The average Bonchev–Trinajstić information content (AvgIpc) is 2.33. The second-order valence-corrected chi connectivity index (χ2v) is 4.60. The van der Waals surface area contributed by atoms with Crippen molar-refractivity contribution in [1.29, 1.82) is 0 Å². The quantitative estimate of drug-likeness (QED) is 0.836. The molecule has 0 radical (unpaired) electrons. The zero-order chi connectivity index (χ0) is 13.8. The molecule has 1 heterocycles. The van der Waals surface area contributed by atoms with Gasteiger partial charge in [0.05, 0.1) is 4.47 Å². The zero-order valence-electron chi connectivity index (χ0n) is 9.43. The van der Waals surface area contributed by atoms with Crippen molar-refractivity contribution in [1.82, 2.24) is 9.97 Å². The van der Waals surface area contributed by atoms with E-state index in [-0.39, 0.29) is 5.28 Å². The molecule has 0 saturated carbocycles. The number of benzene rings is 1. The number of nitrogens with zero attached hydrogens (tertiary/aromatic N) is 2. The third kappa shape index (κ3) is 3.80. The normalized spacial score (nSPS) is 10.0. The van der Waals surface area contributed by atoms with Gasteiger partial charge in [0.1, 0.15) is 11.6 Å². The number of carbonyl (C=O) groups excluding carboxylic acids is 1. The van der Waals surface area contributed by atoms with Gasteiger partial charge in [-0.15, -0.1) is 0 Å². The Morgan fingerprint density at radius 1 is 1.47 bits per heavy atom. The van der Waals surface area contributed by atoms with Gasteiger partial charge in [-0.2, -0.15) is 4.98 Å². The molecule has 0 bridgehead atoms. The smallest absolute Gasteiger partial charge is 0.409 e. The summed E-state index contributed by atoms with van der Waals surface area (Å²) in [5, 5.41) is 3.13. The van der Waals surface area contributed by atoms with Crippen LogP contribution in [0.15, 0.2) is 34.9 Å². The van der Waals surface area contributed by atoms with E-state index >= 15 is 0 Å². The number of anilines is 2. The summed E-state index contributed by atoms with van der Waals surface area (Å²) < 4.78 is 5.43. The predicted octanol–water partition coefficient (Wildman–Crippen LogP) is 3.09. The zero-order valence-corrected chi connectivity index (χ0v) is 11.8. The predicted molar refractivity (Wildman–Crippen MR) is 74.7 cm³/mol. The highest BCUT2D eigenvalue weighted by molar-refractivity contribution is 9.10. The van der Waals surface area contributed by atoms with Gasteiger partial charge in [-0.25, -0.2) is 9.78 Å². The van der Waals surface area contributed by atoms with Crippen LogP contribution in [0, 0.1) is 0 Å². The van der Waals surface area contributed by atoms with Crippen LogP contribution in [0.2, 0.25) is 5.28 Å². The van der Waals surface area contributed by atoms with Crippen LogP contribution in [0.4, 0.5) is 16.3 Å². The maximum absolute atomic E-state index is 10.7. The minimum atomic E-state index is -0.872. The van der Waals surface area contributed by atoms with E-state index in [1.165, 1.54) is 6.20 Å². The Hall–Kier alpha value is -1.86. The van der Waals surface area contributed by atoms with Crippen LogP contribution in [0.3, 0.4) is 0 Å². The van der Waals surface area contributed by atoms with E-state index < -0.39 is 6.09 Å². The highest BCUT2D eigenvalue weighted by atomic mass is 79.9. The highest BCUT2D eigenvalue weighted by Gasteiger charge is 2.06. The Morgan fingerprint density at radius 3 is 3.00 bits per heavy atom. The average molecular weight is 344 g/mol. The van der Waals surface area contributed by atoms with Crippen molar-refractivity contribution >= 4 is 45.1 Å². The summed E-state index contributed by atoms with van der Waals surface area (Å²) in [6.45, 7) is 0. The Balaban J connectivity index is 2.23. The minimum absolute atomic E-state index is 0.121. The summed E-state index contributed by atoms with van der Waals surface area (Å²) in [7, 11) is 0. The third-order valence-corrected chi connectivity index (χ3v) is 2.79. The third-order valence-electron chi connectivity index (χ3n) is 2.03. The maximum atomic E-state index is 10.7. The largest absolute Gasteiger partial charge is 0.410 e. The van der Waals surface area contributed by atoms with Crippen molar-refractivity contribution in [3.05, 3.63) is 40.2 Å². The summed E-state index contributed by atoms with van der Waals surface area (Å²) >= 11 is 9.01. The van der Waals surface area contributed by atoms with Gasteiger partial charge in [0.2, 0.25) is 5.28 Å². The standard InChI is InChI=1S/C11H8BrClN4O2/c12-8-5-15-10(13)17-9(8)16-6-2-1-3-7(4-6)19-11(14)18/h1-5H,(H2,14,18)(H,15,16,17). The molecule has 2 aromatic rings. The molecule has 0 atom stereocenters. The summed E-state index contributed by atoms with van der Waals surface area (Å²) in [5.74, 6) is 0.824. The number of primary amides is 1. The second-order valence-electron chi connectivity index (χ2n) is 3.41. The Labute approximate surface area is 122 Å². The van der Waals surface area contributed by atoms with E-state index in [2.05, 4.69) is 31.2 Å². The van der Waals surface area contributed by atoms with E-state index in [9.17, 15) is 4.79 Å². The minimum Gasteiger partial charge on any atom is -0.410 e. The number of hydrogen-bond acceptors (Lipinski definition) is 5. The topological polar surface area (TPSA) is 90.1 Å². The Kier molecular flexibility index (Phi) is 4.18. The molecular weight excluding hydrogens is 336 g/mol. The van der Waals surface area contributed by atoms with Crippen LogP contribution in [0.25, 0.3) is 0 Å². The molecule has 0 unspecified atom stereocenters. The van der Waals surface area contributed by atoms with E-state index in [4.69, 9.17) is 22.1 Å². The molecule has 1 aromatic carbocycles. The summed E-state index contributed by atoms with van der Waals surface area (Å²) in [6.07, 6.45) is 0.657. The Morgan fingerprint density at radius 2 is 2.26 bits per heavy atom. The molecule has 6 nitrogen and oxygen atoms in total. The molecule has 0 aliphatic carbocycles. The van der Waals surface area contributed by atoms with Gasteiger partial charge < -0.3 is 15.8 Å². The number of hydrogen-bond donors (Lipinski definition) is 2. The lowest BCUT2D eigenvalue weighted by molar-refractivity contribution is 0.211. The van der Waals surface area contributed by atoms with Crippen molar-refractivity contribution in [2.45, 2.75) is 0 Å². The molecule has 1 amide bonds. The molecule has 98 valence electrons. The van der Waals surface area contributed by atoms with E-state index in [0.29, 0.717) is 21.7 Å². The van der Waals surface area contributed by atoms with Crippen LogP contribution in [0.5, 0.6) is 5.75 Å². The fourth-order valence-corrected chi connectivity index (χ4v) is 1.75. The second kappa shape index (κ2) is 5.85. The molecular formula is C11H8BrClN4O2. The Bertz CT molecular complexity index is 623. The number of rotatable bonds is 3. The van der Waals surface area contributed by atoms with Gasteiger partial charge in [0.15, 0.2) is 0 Å². The number of amides is 1. The first-order chi connectivity index (χ1) is 9.04. The lowest BCUT2D eigenvalue weighted by Gasteiger charge is -2.08. The van der Waals surface area contributed by atoms with Crippen molar-refractivity contribution in [2.75, 3.05) is 5.32 Å². The molecule has 8 heteroatoms. The van der Waals surface area contributed by atoms with Gasteiger partial charge in [-0.05, 0) is 39.7 Å². The van der Waals surface area contributed by atoms with Crippen LogP contribution in [-0.4, -0.2) is 16.1 Å². The molecule has 0 aliphatic rings. The van der Waals surface area contributed by atoms with Gasteiger partial charge in [-0.3, -0.25) is 0 Å². The van der Waals surface area contributed by atoms with Gasteiger partial charge >= 0.3 is 6.09 Å². The molecule has 2 rings (SSSR count). The number of aromatic nitrogens is 2. The van der Waals surface area contributed by atoms with Gasteiger partial charge in [-0.1, -0.05) is 6.07 Å². The summed E-state index contributed by atoms with van der Waals surface area (Å²) in [6, 6.07) is 6.69. The number of halogens is 2. The number of nitrogens with one attached hydrogen (secondary N) is 1. The first-order valence-electron chi connectivity index (χ1n) is 5.07. The van der Waals surface area contributed by atoms with Gasteiger partial charge in [0.25, 0.3) is 0 Å². The van der Waals surface area contributed by atoms with Crippen molar-refractivity contribution in [3.63, 3.8) is 0 Å². The monoisotopic (exact) mass is 342 g/mol. The number of ether oxygens (including phenoxy) is 1. The fraction of sp³-hybridized carbons (Fsp3) is 0. The number of nitrogens with two attached hydrogens (primary N) is 1. The van der Waals surface area contributed by atoms with E-state index in [0.717, 1.165) is 0 Å². The molecule has 1 aromatic heterocycles. The van der Waals surface area contributed by atoms with Crippen LogP contribution in [-0.2, 0) is 0 Å². The van der Waals surface area contributed by atoms with Crippen LogP contribution < -0.4 is 15.8 Å². The summed E-state index contributed by atoms with van der Waals surface area (Å²) in [5.41, 5.74) is 5.61. The van der Waals surface area contributed by atoms with Crippen molar-refractivity contribution in [3.8, 4) is 5.75 Å².